The predicted molar refractivity (Wildman–Crippen MR) is 123 cm³/mol. The van der Waals surface area contributed by atoms with E-state index in [4.69, 9.17) is 0 Å². The molecule has 33 heavy (non-hydrogen) atoms. The fourth-order valence-corrected chi connectivity index (χ4v) is 4.83. The third kappa shape index (κ3) is 3.65. The molecule has 2 fully saturated rings. The number of likely N-dealkylation sites (tertiary alicyclic amines) is 1. The Hall–Kier alpha value is -3.68. The highest BCUT2D eigenvalue weighted by Crippen LogP contribution is 2.33. The second-order valence-corrected chi connectivity index (χ2v) is 9.15. The Balaban J connectivity index is 1.25. The van der Waals surface area contributed by atoms with Gasteiger partial charge in [0.25, 0.3) is 0 Å². The Morgan fingerprint density at radius 3 is 2.73 bits per heavy atom. The van der Waals surface area contributed by atoms with Crippen LogP contribution in [0.5, 0.6) is 0 Å². The number of halogens is 1. The minimum Gasteiger partial charge on any atom is -0.361 e. The molecule has 2 aliphatic rings. The lowest BCUT2D eigenvalue weighted by molar-refractivity contribution is -0.131. The highest BCUT2D eigenvalue weighted by molar-refractivity contribution is 5.85. The zero-order valence-corrected chi connectivity index (χ0v) is 18.1. The van der Waals surface area contributed by atoms with E-state index in [0.717, 1.165) is 47.8 Å². The molecule has 7 nitrogen and oxygen atoms in total. The molecule has 0 radical (unpaired) electrons. The van der Waals surface area contributed by atoms with Gasteiger partial charge in [0, 0.05) is 37.3 Å². The standard InChI is InChI=1S/C25H24FN5O2/c26-21-12-18(17-4-6-22-19(11-17)7-9-27-22)3-5-20(21)23-28-29-25(33)31(23)14-15-8-10-30(13-15)24(32)16-1-2-16/h3-7,9,11-12,15-16,27H,1-2,8,10,13-14H2,(H,29,33)/t15-/m1/s1. The highest BCUT2D eigenvalue weighted by atomic mass is 19.1. The van der Waals surface area contributed by atoms with Crippen LogP contribution in [0.25, 0.3) is 33.4 Å². The Bertz CT molecular complexity index is 1410. The van der Waals surface area contributed by atoms with E-state index in [1.54, 1.807) is 6.07 Å². The van der Waals surface area contributed by atoms with E-state index in [9.17, 15) is 9.59 Å². The van der Waals surface area contributed by atoms with Crippen LogP contribution in [0.4, 0.5) is 4.39 Å². The molecule has 168 valence electrons. The fraction of sp³-hybridized carbons (Fsp3) is 0.320. The molecular formula is C25H24FN5O2. The van der Waals surface area contributed by atoms with E-state index in [2.05, 4.69) is 15.2 Å². The van der Waals surface area contributed by atoms with Crippen molar-refractivity contribution in [1.82, 2.24) is 24.6 Å². The number of aromatic amines is 2. The monoisotopic (exact) mass is 445 g/mol. The first-order valence-electron chi connectivity index (χ1n) is 11.4. The van der Waals surface area contributed by atoms with Crippen molar-refractivity contribution in [3.63, 3.8) is 0 Å². The number of aromatic nitrogens is 4. The SMILES string of the molecule is O=C(C1CC1)N1CC[C@@H](Cn2c(-c3ccc(-c4ccc5[nH]ccc5c4)cc3F)n[nH]c2=O)C1. The second kappa shape index (κ2) is 7.72. The summed E-state index contributed by atoms with van der Waals surface area (Å²) >= 11 is 0. The quantitative estimate of drug-likeness (QED) is 0.490. The lowest BCUT2D eigenvalue weighted by Gasteiger charge is -2.16. The molecule has 1 aliphatic heterocycles. The molecule has 3 heterocycles. The van der Waals surface area contributed by atoms with Crippen LogP contribution in [0.2, 0.25) is 0 Å². The largest absolute Gasteiger partial charge is 0.361 e. The van der Waals surface area contributed by atoms with Crippen LogP contribution in [0.15, 0.2) is 53.5 Å². The number of fused-ring (bicyclic) bond motifs is 1. The summed E-state index contributed by atoms with van der Waals surface area (Å²) in [5.41, 5.74) is 2.62. The number of nitrogens with one attached hydrogen (secondary N) is 2. The average molecular weight is 445 g/mol. The first kappa shape index (κ1) is 20.0. The summed E-state index contributed by atoms with van der Waals surface area (Å²) in [7, 11) is 0. The molecule has 1 aliphatic carbocycles. The van der Waals surface area contributed by atoms with Crippen LogP contribution in [0.3, 0.4) is 0 Å². The van der Waals surface area contributed by atoms with E-state index in [1.807, 2.05) is 41.4 Å². The van der Waals surface area contributed by atoms with Crippen LogP contribution in [-0.4, -0.2) is 43.6 Å². The maximum Gasteiger partial charge on any atom is 0.343 e. The Kier molecular flexibility index (Phi) is 4.67. The van der Waals surface area contributed by atoms with Gasteiger partial charge in [-0.1, -0.05) is 12.1 Å². The van der Waals surface area contributed by atoms with Gasteiger partial charge in [0.1, 0.15) is 5.82 Å². The van der Waals surface area contributed by atoms with Crippen molar-refractivity contribution < 1.29 is 9.18 Å². The number of nitrogens with zero attached hydrogens (tertiary/aromatic N) is 3. The van der Waals surface area contributed by atoms with E-state index < -0.39 is 5.82 Å². The van der Waals surface area contributed by atoms with Crippen molar-refractivity contribution >= 4 is 16.8 Å². The van der Waals surface area contributed by atoms with Gasteiger partial charge in [0.05, 0.1) is 5.56 Å². The van der Waals surface area contributed by atoms with Gasteiger partial charge in [-0.05, 0) is 72.0 Å². The molecule has 0 unspecified atom stereocenters. The van der Waals surface area contributed by atoms with Crippen LogP contribution in [0.1, 0.15) is 19.3 Å². The van der Waals surface area contributed by atoms with Crippen molar-refractivity contribution in [2.45, 2.75) is 25.8 Å². The minimum atomic E-state index is -0.432. The van der Waals surface area contributed by atoms with Crippen molar-refractivity contribution in [2.24, 2.45) is 11.8 Å². The third-order valence-corrected chi connectivity index (χ3v) is 6.82. The number of hydrogen-bond acceptors (Lipinski definition) is 3. The van der Waals surface area contributed by atoms with E-state index in [1.165, 1.54) is 10.6 Å². The molecule has 2 N–H and O–H groups in total. The number of amides is 1. The lowest BCUT2D eigenvalue weighted by Crippen LogP contribution is -2.31. The van der Waals surface area contributed by atoms with Crippen molar-refractivity contribution in [2.75, 3.05) is 13.1 Å². The summed E-state index contributed by atoms with van der Waals surface area (Å²) < 4.78 is 16.7. The maximum absolute atomic E-state index is 15.2. The zero-order chi connectivity index (χ0) is 22.5. The second-order valence-electron chi connectivity index (χ2n) is 9.15. The Morgan fingerprint density at radius 2 is 1.91 bits per heavy atom. The summed E-state index contributed by atoms with van der Waals surface area (Å²) in [5.74, 6) is 0.436. The molecule has 4 aromatic rings. The van der Waals surface area contributed by atoms with Gasteiger partial charge in [0.2, 0.25) is 5.91 Å². The third-order valence-electron chi connectivity index (χ3n) is 6.82. The van der Waals surface area contributed by atoms with Crippen LogP contribution in [-0.2, 0) is 11.3 Å². The number of H-pyrrole nitrogens is 2. The van der Waals surface area contributed by atoms with E-state index >= 15 is 4.39 Å². The number of rotatable bonds is 5. The smallest absolute Gasteiger partial charge is 0.343 e. The molecule has 0 spiro atoms. The summed E-state index contributed by atoms with van der Waals surface area (Å²) in [4.78, 5) is 29.9. The molecule has 8 heteroatoms. The van der Waals surface area contributed by atoms with Crippen LogP contribution >= 0.6 is 0 Å². The van der Waals surface area contributed by atoms with E-state index in [-0.39, 0.29) is 34.8 Å². The Morgan fingerprint density at radius 1 is 1.09 bits per heavy atom. The van der Waals surface area contributed by atoms with Gasteiger partial charge in [-0.2, -0.15) is 5.10 Å². The molecule has 1 saturated carbocycles. The maximum atomic E-state index is 15.2. The molecule has 1 atom stereocenters. The summed E-state index contributed by atoms with van der Waals surface area (Å²) in [6, 6.07) is 12.9. The van der Waals surface area contributed by atoms with Crippen LogP contribution in [0, 0.1) is 17.7 Å². The first-order valence-corrected chi connectivity index (χ1v) is 11.4. The number of benzene rings is 2. The predicted octanol–water partition coefficient (Wildman–Crippen LogP) is 3.78. The number of carbonyl (C=O) groups is 1. The van der Waals surface area contributed by atoms with E-state index in [0.29, 0.717) is 13.1 Å². The van der Waals surface area contributed by atoms with Crippen molar-refractivity contribution in [3.8, 4) is 22.5 Å². The molecule has 2 aromatic heterocycles. The molecule has 1 saturated heterocycles. The van der Waals surface area contributed by atoms with Crippen LogP contribution < -0.4 is 5.69 Å². The summed E-state index contributed by atoms with van der Waals surface area (Å²) in [6.45, 7) is 1.76. The van der Waals surface area contributed by atoms with Gasteiger partial charge >= 0.3 is 5.69 Å². The van der Waals surface area contributed by atoms with Gasteiger partial charge in [-0.25, -0.2) is 14.3 Å². The molecule has 0 bridgehead atoms. The average Bonchev–Trinajstić information content (AvgIpc) is 3.21. The highest BCUT2D eigenvalue weighted by Gasteiger charge is 2.37. The fourth-order valence-electron chi connectivity index (χ4n) is 4.83. The molecule has 6 rings (SSSR count). The van der Waals surface area contributed by atoms with Crippen molar-refractivity contribution in [3.05, 3.63) is 65.0 Å². The van der Waals surface area contributed by atoms with Gasteiger partial charge in [0.15, 0.2) is 5.82 Å². The van der Waals surface area contributed by atoms with Gasteiger partial charge in [-0.3, -0.25) is 9.36 Å². The lowest BCUT2D eigenvalue weighted by atomic mass is 10.0. The summed E-state index contributed by atoms with van der Waals surface area (Å²) in [5, 5.41) is 7.65. The topological polar surface area (TPSA) is 86.8 Å². The zero-order valence-electron chi connectivity index (χ0n) is 18.1. The Labute approximate surface area is 189 Å². The van der Waals surface area contributed by atoms with Gasteiger partial charge in [-0.15, -0.1) is 0 Å². The van der Waals surface area contributed by atoms with Crippen molar-refractivity contribution in [1.29, 1.82) is 0 Å². The molecular weight excluding hydrogens is 421 g/mol. The normalized spacial score (nSPS) is 18.3. The minimum absolute atomic E-state index is 0.150. The molecule has 1 amide bonds. The first-order chi connectivity index (χ1) is 16.1. The molecule has 2 aromatic carbocycles. The number of hydrogen-bond donors (Lipinski definition) is 2. The number of carbonyl (C=O) groups excluding carboxylic acids is 1. The summed E-state index contributed by atoms with van der Waals surface area (Å²) in [6.07, 6.45) is 4.68. The van der Waals surface area contributed by atoms with Gasteiger partial charge < -0.3 is 9.88 Å².